The molecule has 0 bridgehead atoms. The number of rotatable bonds is 2. The summed E-state index contributed by atoms with van der Waals surface area (Å²) in [5.41, 5.74) is 1.54. The summed E-state index contributed by atoms with van der Waals surface area (Å²) in [5, 5.41) is 19.3. The largest absolute Gasteiger partial charge is 0.508 e. The second-order valence-electron chi connectivity index (χ2n) is 4.25. The summed E-state index contributed by atoms with van der Waals surface area (Å²) in [6.45, 7) is 4.70. The highest BCUT2D eigenvalue weighted by Crippen LogP contribution is 2.28. The van der Waals surface area contributed by atoms with Gasteiger partial charge >= 0.3 is 0 Å². The molecule has 1 aliphatic rings. The normalized spacial score (nSPS) is 17.1. The first-order valence-electron chi connectivity index (χ1n) is 5.40. The van der Waals surface area contributed by atoms with Gasteiger partial charge in [0.1, 0.15) is 11.5 Å². The molecule has 0 unspecified atom stereocenters. The van der Waals surface area contributed by atoms with Gasteiger partial charge in [0.05, 0.1) is 0 Å². The monoisotopic (exact) mass is 207 g/mol. The van der Waals surface area contributed by atoms with E-state index in [0.29, 0.717) is 0 Å². The molecule has 0 radical (unpaired) electrons. The van der Waals surface area contributed by atoms with Gasteiger partial charge in [-0.25, -0.2) is 0 Å². The number of hydrogen-bond acceptors (Lipinski definition) is 3. The highest BCUT2D eigenvalue weighted by atomic mass is 16.3. The first-order valence-corrected chi connectivity index (χ1v) is 5.40. The minimum absolute atomic E-state index is 0.266. The van der Waals surface area contributed by atoms with Gasteiger partial charge < -0.3 is 10.2 Å². The summed E-state index contributed by atoms with van der Waals surface area (Å²) in [4.78, 5) is 2.30. The lowest BCUT2D eigenvalue weighted by atomic mass is 10.1. The van der Waals surface area contributed by atoms with E-state index in [0.717, 1.165) is 30.8 Å². The van der Waals surface area contributed by atoms with E-state index < -0.39 is 0 Å². The summed E-state index contributed by atoms with van der Waals surface area (Å²) in [5.74, 6) is 0.555. The van der Waals surface area contributed by atoms with Crippen LogP contribution in [0.4, 0.5) is 0 Å². The van der Waals surface area contributed by atoms with Gasteiger partial charge in [-0.3, -0.25) is 4.90 Å². The molecular weight excluding hydrogens is 190 g/mol. The maximum absolute atomic E-state index is 9.74. The smallest absolute Gasteiger partial charge is 0.120 e. The molecule has 3 nitrogen and oxygen atoms in total. The highest BCUT2D eigenvalue weighted by Gasteiger charge is 2.14. The van der Waals surface area contributed by atoms with Gasteiger partial charge in [0.15, 0.2) is 0 Å². The lowest BCUT2D eigenvalue weighted by Gasteiger charge is -2.16. The molecule has 2 N–H and O–H groups in total. The Kier molecular flexibility index (Phi) is 2.82. The van der Waals surface area contributed by atoms with Crippen LogP contribution in [0, 0.1) is 6.92 Å². The van der Waals surface area contributed by atoms with Crippen molar-refractivity contribution >= 4 is 0 Å². The van der Waals surface area contributed by atoms with Gasteiger partial charge in [0.25, 0.3) is 0 Å². The molecule has 2 rings (SSSR count). The Labute approximate surface area is 90.0 Å². The molecule has 1 saturated heterocycles. The maximum atomic E-state index is 9.74. The van der Waals surface area contributed by atoms with Crippen LogP contribution in [-0.4, -0.2) is 28.2 Å². The fraction of sp³-hybridized carbons (Fsp3) is 0.500. The maximum Gasteiger partial charge on any atom is 0.120 e. The van der Waals surface area contributed by atoms with E-state index in [2.05, 4.69) is 4.90 Å². The van der Waals surface area contributed by atoms with E-state index in [9.17, 15) is 10.2 Å². The van der Waals surface area contributed by atoms with E-state index in [-0.39, 0.29) is 11.5 Å². The molecule has 0 amide bonds. The number of phenolic OH excluding ortho intramolecular Hbond substituents is 2. The molecule has 15 heavy (non-hydrogen) atoms. The molecule has 0 aliphatic carbocycles. The predicted octanol–water partition coefficient (Wildman–Crippen LogP) is 2.00. The zero-order chi connectivity index (χ0) is 10.8. The molecule has 1 fully saturated rings. The van der Waals surface area contributed by atoms with Crippen LogP contribution in [0.25, 0.3) is 0 Å². The number of aromatic hydroxyl groups is 2. The molecule has 0 aromatic heterocycles. The summed E-state index contributed by atoms with van der Waals surface area (Å²) in [7, 11) is 0. The van der Waals surface area contributed by atoms with Crippen LogP contribution >= 0.6 is 0 Å². The van der Waals surface area contributed by atoms with Crippen LogP contribution in [0.3, 0.4) is 0 Å². The summed E-state index contributed by atoms with van der Waals surface area (Å²) < 4.78 is 0. The van der Waals surface area contributed by atoms with Crippen molar-refractivity contribution in [2.24, 2.45) is 0 Å². The lowest BCUT2D eigenvalue weighted by Crippen LogP contribution is -2.18. The second kappa shape index (κ2) is 4.11. The van der Waals surface area contributed by atoms with E-state index >= 15 is 0 Å². The third-order valence-corrected chi connectivity index (χ3v) is 2.99. The minimum atomic E-state index is 0.266. The molecule has 1 aliphatic heterocycles. The van der Waals surface area contributed by atoms with Crippen molar-refractivity contribution in [1.82, 2.24) is 4.90 Å². The van der Waals surface area contributed by atoms with Crippen molar-refractivity contribution < 1.29 is 10.2 Å². The Hall–Kier alpha value is -1.22. The zero-order valence-corrected chi connectivity index (χ0v) is 9.03. The number of likely N-dealkylation sites (tertiary alicyclic amines) is 1. The fourth-order valence-corrected chi connectivity index (χ4v) is 2.03. The predicted molar refractivity (Wildman–Crippen MR) is 59.0 cm³/mol. The van der Waals surface area contributed by atoms with Gasteiger partial charge in [-0.15, -0.1) is 0 Å². The fourth-order valence-electron chi connectivity index (χ4n) is 2.03. The molecule has 82 valence electrons. The summed E-state index contributed by atoms with van der Waals surface area (Å²) >= 11 is 0. The van der Waals surface area contributed by atoms with Crippen LogP contribution in [0.5, 0.6) is 11.5 Å². The Morgan fingerprint density at radius 2 is 1.80 bits per heavy atom. The SMILES string of the molecule is Cc1cc(O)c(CN2CCCC2)cc1O. The van der Waals surface area contributed by atoms with Crippen LogP contribution in [0.2, 0.25) is 0 Å². The van der Waals surface area contributed by atoms with E-state index in [1.54, 1.807) is 19.1 Å². The molecule has 0 saturated carbocycles. The Bertz CT molecular complexity index is 357. The van der Waals surface area contributed by atoms with Crippen molar-refractivity contribution in [3.8, 4) is 11.5 Å². The average Bonchev–Trinajstić information content (AvgIpc) is 2.67. The summed E-state index contributed by atoms with van der Waals surface area (Å²) in [6, 6.07) is 3.30. The standard InChI is InChI=1S/C12H17NO2/c1-9-6-12(15)10(7-11(9)14)8-13-4-2-3-5-13/h6-7,14-15H,2-5,8H2,1H3. The molecule has 3 heteroatoms. The first kappa shape index (κ1) is 10.3. The van der Waals surface area contributed by atoms with Crippen LogP contribution in [0.15, 0.2) is 12.1 Å². The molecule has 1 heterocycles. The average molecular weight is 207 g/mol. The van der Waals surface area contributed by atoms with E-state index in [1.807, 2.05) is 0 Å². The van der Waals surface area contributed by atoms with Crippen molar-refractivity contribution in [2.75, 3.05) is 13.1 Å². The zero-order valence-electron chi connectivity index (χ0n) is 9.03. The molecule has 1 aromatic carbocycles. The van der Waals surface area contributed by atoms with Crippen LogP contribution in [-0.2, 0) is 6.54 Å². The molecule has 0 spiro atoms. The number of hydrogen-bond donors (Lipinski definition) is 2. The van der Waals surface area contributed by atoms with E-state index in [4.69, 9.17) is 0 Å². The lowest BCUT2D eigenvalue weighted by molar-refractivity contribution is 0.323. The van der Waals surface area contributed by atoms with Gasteiger partial charge in [0.2, 0.25) is 0 Å². The van der Waals surface area contributed by atoms with Gasteiger partial charge in [0, 0.05) is 12.1 Å². The first-order chi connectivity index (χ1) is 7.16. The number of benzene rings is 1. The van der Waals surface area contributed by atoms with Crippen molar-refractivity contribution in [1.29, 1.82) is 0 Å². The third-order valence-electron chi connectivity index (χ3n) is 2.99. The van der Waals surface area contributed by atoms with Gasteiger partial charge in [-0.05, 0) is 50.6 Å². The van der Waals surface area contributed by atoms with Crippen molar-refractivity contribution in [2.45, 2.75) is 26.3 Å². The van der Waals surface area contributed by atoms with Crippen LogP contribution in [0.1, 0.15) is 24.0 Å². The molecule has 1 aromatic rings. The quantitative estimate of drug-likeness (QED) is 0.729. The Morgan fingerprint density at radius 1 is 1.13 bits per heavy atom. The highest BCUT2D eigenvalue weighted by molar-refractivity contribution is 5.44. The molecular formula is C12H17NO2. The van der Waals surface area contributed by atoms with Crippen molar-refractivity contribution in [3.05, 3.63) is 23.3 Å². The molecule has 0 atom stereocenters. The Morgan fingerprint density at radius 3 is 2.47 bits per heavy atom. The number of nitrogens with zero attached hydrogens (tertiary/aromatic N) is 1. The number of phenols is 2. The summed E-state index contributed by atoms with van der Waals surface area (Å²) in [6.07, 6.45) is 2.47. The topological polar surface area (TPSA) is 43.7 Å². The third kappa shape index (κ3) is 2.23. The van der Waals surface area contributed by atoms with Gasteiger partial charge in [-0.1, -0.05) is 0 Å². The van der Waals surface area contributed by atoms with Gasteiger partial charge in [-0.2, -0.15) is 0 Å². The van der Waals surface area contributed by atoms with Crippen molar-refractivity contribution in [3.63, 3.8) is 0 Å². The number of aryl methyl sites for hydroxylation is 1. The van der Waals surface area contributed by atoms with E-state index in [1.165, 1.54) is 12.8 Å². The minimum Gasteiger partial charge on any atom is -0.508 e. The Balaban J connectivity index is 2.16. The van der Waals surface area contributed by atoms with Crippen LogP contribution < -0.4 is 0 Å². The second-order valence-corrected chi connectivity index (χ2v) is 4.25.